The van der Waals surface area contributed by atoms with E-state index in [-0.39, 0.29) is 0 Å². The van der Waals surface area contributed by atoms with E-state index < -0.39 is 0 Å². The van der Waals surface area contributed by atoms with Crippen LogP contribution in [0.15, 0.2) is 53.1 Å². The molecule has 35 heavy (non-hydrogen) atoms. The number of hydrogen-bond acceptors (Lipinski definition) is 8. The monoisotopic (exact) mass is 489 g/mol. The number of anilines is 1. The van der Waals surface area contributed by atoms with Gasteiger partial charge in [0, 0.05) is 54.9 Å². The van der Waals surface area contributed by atoms with E-state index in [1.54, 1.807) is 23.0 Å². The van der Waals surface area contributed by atoms with Gasteiger partial charge >= 0.3 is 0 Å². The molecule has 0 unspecified atom stereocenters. The number of aryl methyl sites for hydroxylation is 1. The van der Waals surface area contributed by atoms with E-state index >= 15 is 0 Å². The first-order chi connectivity index (χ1) is 17.1. The Morgan fingerprint density at radius 2 is 1.91 bits per heavy atom. The number of fused-ring (bicyclic) bond motifs is 2. The van der Waals surface area contributed by atoms with Crippen molar-refractivity contribution in [1.29, 1.82) is 0 Å². The van der Waals surface area contributed by atoms with Crippen molar-refractivity contribution in [2.45, 2.75) is 13.5 Å². The van der Waals surface area contributed by atoms with E-state index in [4.69, 9.17) is 13.9 Å². The third kappa shape index (κ3) is 4.33. The average Bonchev–Trinajstić information content (AvgIpc) is 3.55. The molecular formula is C26H27N5O3S. The van der Waals surface area contributed by atoms with Crippen molar-refractivity contribution in [3.05, 3.63) is 59.2 Å². The number of imidazole rings is 1. The fourth-order valence-corrected chi connectivity index (χ4v) is 5.19. The van der Waals surface area contributed by atoms with Crippen molar-refractivity contribution in [2.75, 3.05) is 45.2 Å². The SMILES string of the molecule is COc1cc(COc2cccc(N3CCN(C)CC3)c2)c2cc(-c3cn4nc(C)sc4n3)oc2c1. The van der Waals surface area contributed by atoms with Crippen LogP contribution in [0.3, 0.4) is 0 Å². The highest BCUT2D eigenvalue weighted by Gasteiger charge is 2.17. The standard InChI is InChI=1S/C26H27N5O3S/c1-17-28-31-15-23(27-26(31)35-17)25-14-22-18(11-21(32-3)13-24(22)34-25)16-33-20-6-4-5-19(12-20)30-9-7-29(2)8-10-30/h4-6,11-15H,7-10,16H2,1-3H3. The zero-order valence-corrected chi connectivity index (χ0v) is 20.8. The van der Waals surface area contributed by atoms with Crippen molar-refractivity contribution in [1.82, 2.24) is 19.5 Å². The molecule has 0 atom stereocenters. The van der Waals surface area contributed by atoms with Gasteiger partial charge in [0.05, 0.1) is 13.3 Å². The van der Waals surface area contributed by atoms with Crippen LogP contribution in [0.5, 0.6) is 11.5 Å². The molecule has 180 valence electrons. The molecular weight excluding hydrogens is 462 g/mol. The molecule has 1 saturated heterocycles. The number of furan rings is 1. The lowest BCUT2D eigenvalue weighted by Crippen LogP contribution is -2.44. The maximum absolute atomic E-state index is 6.25. The molecule has 0 radical (unpaired) electrons. The fraction of sp³-hybridized carbons (Fsp3) is 0.308. The Kier molecular flexibility index (Phi) is 5.58. The van der Waals surface area contributed by atoms with Gasteiger partial charge in [-0.15, -0.1) is 0 Å². The van der Waals surface area contributed by atoms with Crippen molar-refractivity contribution in [3.63, 3.8) is 0 Å². The molecule has 0 amide bonds. The molecule has 0 saturated carbocycles. The van der Waals surface area contributed by atoms with E-state index in [1.165, 1.54) is 5.69 Å². The van der Waals surface area contributed by atoms with Gasteiger partial charge in [0.2, 0.25) is 4.96 Å². The van der Waals surface area contributed by atoms with E-state index in [0.717, 1.165) is 69.9 Å². The summed E-state index contributed by atoms with van der Waals surface area (Å²) in [6.45, 7) is 6.56. The van der Waals surface area contributed by atoms with Crippen molar-refractivity contribution < 1.29 is 13.9 Å². The van der Waals surface area contributed by atoms with Crippen LogP contribution in [0.4, 0.5) is 5.69 Å². The lowest BCUT2D eigenvalue weighted by molar-refractivity contribution is 0.304. The van der Waals surface area contributed by atoms with Gasteiger partial charge in [-0.25, -0.2) is 9.50 Å². The maximum atomic E-state index is 6.25. The van der Waals surface area contributed by atoms with Crippen LogP contribution >= 0.6 is 11.3 Å². The van der Waals surface area contributed by atoms with E-state index in [1.807, 2.05) is 37.4 Å². The van der Waals surface area contributed by atoms with Gasteiger partial charge in [0.1, 0.15) is 34.4 Å². The quantitative estimate of drug-likeness (QED) is 0.338. The van der Waals surface area contributed by atoms with Gasteiger partial charge < -0.3 is 23.7 Å². The second-order valence-electron chi connectivity index (χ2n) is 8.86. The molecule has 6 rings (SSSR count). The fourth-order valence-electron chi connectivity index (χ4n) is 4.46. The Balaban J connectivity index is 1.27. The van der Waals surface area contributed by atoms with E-state index in [2.05, 4.69) is 45.1 Å². The second kappa shape index (κ2) is 8.90. The van der Waals surface area contributed by atoms with Crippen LogP contribution in [-0.2, 0) is 6.61 Å². The van der Waals surface area contributed by atoms with Crippen LogP contribution in [0.2, 0.25) is 0 Å². The first-order valence-electron chi connectivity index (χ1n) is 11.7. The van der Waals surface area contributed by atoms with Gasteiger partial charge in [-0.3, -0.25) is 0 Å². The smallest absolute Gasteiger partial charge is 0.212 e. The van der Waals surface area contributed by atoms with Crippen LogP contribution in [0.25, 0.3) is 27.4 Å². The molecule has 0 bridgehead atoms. The summed E-state index contributed by atoms with van der Waals surface area (Å²) < 4.78 is 19.8. The molecule has 0 N–H and O–H groups in total. The summed E-state index contributed by atoms with van der Waals surface area (Å²) in [6, 6.07) is 14.3. The summed E-state index contributed by atoms with van der Waals surface area (Å²) in [7, 11) is 3.83. The third-order valence-corrected chi connectivity index (χ3v) is 7.25. The highest BCUT2D eigenvalue weighted by atomic mass is 32.1. The van der Waals surface area contributed by atoms with Gasteiger partial charge in [0.15, 0.2) is 5.76 Å². The first kappa shape index (κ1) is 21.9. The zero-order chi connectivity index (χ0) is 23.9. The summed E-state index contributed by atoms with van der Waals surface area (Å²) >= 11 is 1.55. The Hall–Kier alpha value is -3.56. The lowest BCUT2D eigenvalue weighted by atomic mass is 10.1. The summed E-state index contributed by atoms with van der Waals surface area (Å²) in [5.41, 5.74) is 3.69. The number of rotatable bonds is 6. The van der Waals surface area contributed by atoms with Crippen LogP contribution in [0, 0.1) is 6.92 Å². The number of aromatic nitrogens is 3. The Bertz CT molecular complexity index is 1460. The molecule has 8 nitrogen and oxygen atoms in total. The van der Waals surface area contributed by atoms with Crippen molar-refractivity contribution >= 4 is 33.0 Å². The molecule has 9 heteroatoms. The van der Waals surface area contributed by atoms with Crippen LogP contribution < -0.4 is 14.4 Å². The number of likely N-dealkylation sites (N-methyl/N-ethyl adjacent to an activating group) is 1. The molecule has 0 aliphatic carbocycles. The Morgan fingerprint density at radius 3 is 2.71 bits per heavy atom. The largest absolute Gasteiger partial charge is 0.497 e. The number of benzene rings is 2. The Morgan fingerprint density at radius 1 is 1.06 bits per heavy atom. The van der Waals surface area contributed by atoms with Gasteiger partial charge in [0.25, 0.3) is 0 Å². The topological polar surface area (TPSA) is 68.3 Å². The normalized spacial score (nSPS) is 14.8. The van der Waals surface area contributed by atoms with E-state index in [0.29, 0.717) is 12.4 Å². The number of methoxy groups -OCH3 is 1. The summed E-state index contributed by atoms with van der Waals surface area (Å²) in [4.78, 5) is 10.3. The minimum atomic E-state index is 0.401. The summed E-state index contributed by atoms with van der Waals surface area (Å²) in [6.07, 6.45) is 1.90. The minimum Gasteiger partial charge on any atom is -0.497 e. The number of ether oxygens (including phenoxy) is 2. The molecule has 1 aliphatic rings. The number of hydrogen-bond donors (Lipinski definition) is 0. The molecule has 5 aromatic rings. The molecule has 1 fully saturated rings. The highest BCUT2D eigenvalue weighted by Crippen LogP contribution is 2.34. The number of piperazine rings is 1. The predicted octanol–water partition coefficient (Wildman–Crippen LogP) is 4.85. The highest BCUT2D eigenvalue weighted by molar-refractivity contribution is 7.16. The molecule has 3 aromatic heterocycles. The van der Waals surface area contributed by atoms with Crippen LogP contribution in [0.1, 0.15) is 10.6 Å². The lowest BCUT2D eigenvalue weighted by Gasteiger charge is -2.34. The first-order valence-corrected chi connectivity index (χ1v) is 12.5. The maximum Gasteiger partial charge on any atom is 0.212 e. The molecule has 4 heterocycles. The molecule has 1 aliphatic heterocycles. The predicted molar refractivity (Wildman–Crippen MR) is 138 cm³/mol. The third-order valence-electron chi connectivity index (χ3n) is 6.41. The van der Waals surface area contributed by atoms with Crippen molar-refractivity contribution in [3.8, 4) is 23.0 Å². The summed E-state index contributed by atoms with van der Waals surface area (Å²) in [5, 5.41) is 6.41. The Labute approximate surface area is 207 Å². The number of nitrogens with zero attached hydrogens (tertiary/aromatic N) is 5. The zero-order valence-electron chi connectivity index (χ0n) is 20.0. The van der Waals surface area contributed by atoms with Gasteiger partial charge in [-0.2, -0.15) is 5.10 Å². The summed E-state index contributed by atoms with van der Waals surface area (Å²) in [5.74, 6) is 2.27. The van der Waals surface area contributed by atoms with Gasteiger partial charge in [-0.1, -0.05) is 17.4 Å². The molecule has 0 spiro atoms. The van der Waals surface area contributed by atoms with E-state index in [9.17, 15) is 0 Å². The van der Waals surface area contributed by atoms with Crippen LogP contribution in [-0.4, -0.2) is 59.8 Å². The molecule has 2 aromatic carbocycles. The second-order valence-corrected chi connectivity index (χ2v) is 10.0. The van der Waals surface area contributed by atoms with Crippen molar-refractivity contribution in [2.24, 2.45) is 0 Å². The average molecular weight is 490 g/mol. The van der Waals surface area contributed by atoms with Gasteiger partial charge in [-0.05, 0) is 38.2 Å². The minimum absolute atomic E-state index is 0.401.